The highest BCUT2D eigenvalue weighted by Gasteiger charge is 2.25. The molecule has 3 aromatic rings. The third-order valence-electron chi connectivity index (χ3n) is 4.44. The fraction of sp³-hybridized carbons (Fsp3) is 0.500. The Morgan fingerprint density at radius 1 is 1.43 bits per heavy atom. The molecule has 2 N–H and O–H groups in total. The highest BCUT2D eigenvalue weighted by Crippen LogP contribution is 2.32. The van der Waals surface area contributed by atoms with Gasteiger partial charge in [-0.3, -0.25) is 9.51 Å². The lowest BCUT2D eigenvalue weighted by atomic mass is 9.80. The molecule has 1 aliphatic carbocycles. The van der Waals surface area contributed by atoms with Crippen LogP contribution < -0.4 is 11.1 Å². The Bertz CT molecular complexity index is 905. The maximum atomic E-state index is 11.2. The molecule has 0 spiro atoms. The topological polar surface area (TPSA) is 115 Å². The van der Waals surface area contributed by atoms with Gasteiger partial charge in [0, 0.05) is 13.1 Å². The number of imidazole rings is 1. The van der Waals surface area contributed by atoms with Gasteiger partial charge >= 0.3 is 5.76 Å². The number of fused-ring (bicyclic) bond motifs is 1. The Balaban J connectivity index is 1.79. The van der Waals surface area contributed by atoms with Crippen molar-refractivity contribution in [1.29, 1.82) is 0 Å². The summed E-state index contributed by atoms with van der Waals surface area (Å²) in [5, 5.41) is 7.12. The van der Waals surface area contributed by atoms with Gasteiger partial charge in [0.05, 0.1) is 6.33 Å². The van der Waals surface area contributed by atoms with Crippen molar-refractivity contribution in [3.63, 3.8) is 0 Å². The molecule has 4 rings (SSSR count). The maximum Gasteiger partial charge on any atom is 0.439 e. The summed E-state index contributed by atoms with van der Waals surface area (Å²) in [6.45, 7) is 2.16. The molecule has 1 unspecified atom stereocenters. The van der Waals surface area contributed by atoms with Gasteiger partial charge in [-0.05, 0) is 25.7 Å². The Kier molecular flexibility index (Phi) is 3.14. The predicted octanol–water partition coefficient (Wildman–Crippen LogP) is 1.31. The second-order valence-electron chi connectivity index (χ2n) is 5.99. The van der Waals surface area contributed by atoms with E-state index in [2.05, 4.69) is 41.9 Å². The van der Waals surface area contributed by atoms with Crippen molar-refractivity contribution in [2.75, 3.05) is 5.32 Å². The maximum absolute atomic E-state index is 11.2. The molecule has 0 radical (unpaired) electrons. The number of aromatic amines is 1. The van der Waals surface area contributed by atoms with E-state index in [0.29, 0.717) is 23.4 Å². The number of hydrogen-bond donors (Lipinski definition) is 2. The number of aromatic nitrogens is 6. The molecule has 0 bridgehead atoms. The summed E-state index contributed by atoms with van der Waals surface area (Å²) in [5.41, 5.74) is 1.37. The lowest BCUT2D eigenvalue weighted by Gasteiger charge is -2.32. The largest absolute Gasteiger partial charge is 0.439 e. The van der Waals surface area contributed by atoms with E-state index in [1.54, 1.807) is 6.33 Å². The monoisotopic (exact) mass is 315 g/mol. The summed E-state index contributed by atoms with van der Waals surface area (Å²) in [6.07, 6.45) is 5.44. The average Bonchev–Trinajstić information content (AvgIpc) is 3.03. The molecule has 0 aromatic carbocycles. The van der Waals surface area contributed by atoms with Crippen LogP contribution in [0, 0.1) is 5.92 Å². The molecule has 9 nitrogen and oxygen atoms in total. The second-order valence-corrected chi connectivity index (χ2v) is 5.99. The molecule has 1 atom stereocenters. The Labute approximate surface area is 131 Å². The summed E-state index contributed by atoms with van der Waals surface area (Å²) in [5.74, 6) is 1.19. The zero-order chi connectivity index (χ0) is 16.0. The number of nitrogens with one attached hydrogen (secondary N) is 2. The summed E-state index contributed by atoms with van der Waals surface area (Å²) in [7, 11) is 1.90. The quantitative estimate of drug-likeness (QED) is 0.745. The lowest BCUT2D eigenvalue weighted by Crippen LogP contribution is -2.31. The molecule has 1 fully saturated rings. The molecular weight excluding hydrogens is 298 g/mol. The minimum atomic E-state index is -0.637. The summed E-state index contributed by atoms with van der Waals surface area (Å²) in [6, 6.07) is 0.306. The van der Waals surface area contributed by atoms with E-state index in [1.165, 1.54) is 19.3 Å². The van der Waals surface area contributed by atoms with Crippen LogP contribution in [0.5, 0.6) is 0 Å². The van der Waals surface area contributed by atoms with Gasteiger partial charge in [-0.2, -0.15) is 0 Å². The molecule has 1 aliphatic rings. The van der Waals surface area contributed by atoms with Crippen LogP contribution >= 0.6 is 0 Å². The zero-order valence-electron chi connectivity index (χ0n) is 12.9. The van der Waals surface area contributed by atoms with Gasteiger partial charge in [-0.25, -0.2) is 19.7 Å². The smallest absolute Gasteiger partial charge is 0.365 e. The van der Waals surface area contributed by atoms with Crippen molar-refractivity contribution in [3.05, 3.63) is 16.9 Å². The normalized spacial score (nSPS) is 16.4. The van der Waals surface area contributed by atoms with Gasteiger partial charge in [0.1, 0.15) is 5.52 Å². The van der Waals surface area contributed by atoms with Crippen molar-refractivity contribution in [2.24, 2.45) is 13.0 Å². The standard InChI is InChI=1S/C14H17N7O2/c1-7(8-4-3-5-8)16-11-9-10(15-6-21(9)2)17-12(18-11)13-19-14(22)23-20-13/h6-8H,3-5H2,1-2H3,(H,16,17,18)(H,19,20,22). The minimum Gasteiger partial charge on any atom is -0.365 e. The van der Waals surface area contributed by atoms with Crippen LogP contribution in [0.4, 0.5) is 5.82 Å². The lowest BCUT2D eigenvalue weighted by molar-refractivity contribution is 0.285. The molecule has 0 amide bonds. The summed E-state index contributed by atoms with van der Waals surface area (Å²) in [4.78, 5) is 26.8. The fourth-order valence-corrected chi connectivity index (χ4v) is 2.86. The molecule has 3 heterocycles. The third kappa shape index (κ3) is 2.37. The number of H-pyrrole nitrogens is 1. The molecule has 3 aromatic heterocycles. The Morgan fingerprint density at radius 2 is 2.26 bits per heavy atom. The van der Waals surface area contributed by atoms with Crippen LogP contribution in [-0.4, -0.2) is 35.7 Å². The number of nitrogens with zero attached hydrogens (tertiary/aromatic N) is 5. The Morgan fingerprint density at radius 3 is 2.91 bits per heavy atom. The number of anilines is 1. The van der Waals surface area contributed by atoms with E-state index >= 15 is 0 Å². The zero-order valence-corrected chi connectivity index (χ0v) is 12.9. The van der Waals surface area contributed by atoms with Crippen molar-refractivity contribution in [3.8, 4) is 11.6 Å². The first kappa shape index (κ1) is 13.9. The molecule has 23 heavy (non-hydrogen) atoms. The summed E-state index contributed by atoms with van der Waals surface area (Å²) < 4.78 is 6.41. The van der Waals surface area contributed by atoms with Gasteiger partial charge in [0.15, 0.2) is 11.5 Å². The van der Waals surface area contributed by atoms with Gasteiger partial charge in [0.2, 0.25) is 11.6 Å². The van der Waals surface area contributed by atoms with Crippen LogP contribution in [0.25, 0.3) is 22.8 Å². The van der Waals surface area contributed by atoms with E-state index in [-0.39, 0.29) is 11.6 Å². The van der Waals surface area contributed by atoms with Crippen molar-refractivity contribution < 1.29 is 4.52 Å². The van der Waals surface area contributed by atoms with Gasteiger partial charge in [0.25, 0.3) is 0 Å². The predicted molar refractivity (Wildman–Crippen MR) is 82.8 cm³/mol. The molecule has 9 heteroatoms. The van der Waals surface area contributed by atoms with Crippen LogP contribution in [0.1, 0.15) is 26.2 Å². The number of rotatable bonds is 4. The van der Waals surface area contributed by atoms with E-state index in [1.807, 2.05) is 11.6 Å². The first-order valence-electron chi connectivity index (χ1n) is 7.64. The molecule has 0 aliphatic heterocycles. The highest BCUT2D eigenvalue weighted by molar-refractivity contribution is 5.84. The van der Waals surface area contributed by atoms with E-state index in [9.17, 15) is 4.79 Å². The van der Waals surface area contributed by atoms with Crippen molar-refractivity contribution in [2.45, 2.75) is 32.2 Å². The van der Waals surface area contributed by atoms with Crippen LogP contribution in [0.2, 0.25) is 0 Å². The van der Waals surface area contributed by atoms with Crippen molar-refractivity contribution >= 4 is 17.0 Å². The van der Waals surface area contributed by atoms with E-state index in [4.69, 9.17) is 0 Å². The van der Waals surface area contributed by atoms with Crippen molar-refractivity contribution in [1.82, 2.24) is 29.7 Å². The van der Waals surface area contributed by atoms with Gasteiger partial charge < -0.3 is 9.88 Å². The first-order chi connectivity index (χ1) is 11.1. The molecular formula is C14H17N7O2. The SMILES string of the molecule is CC(Nc1nc(-c2noc(=O)[nH]2)nc2ncn(C)c12)C1CCC1. The first-order valence-corrected chi connectivity index (χ1v) is 7.64. The number of hydrogen-bond acceptors (Lipinski definition) is 7. The molecule has 120 valence electrons. The number of aryl methyl sites for hydroxylation is 1. The van der Waals surface area contributed by atoms with Gasteiger partial charge in [-0.1, -0.05) is 11.6 Å². The fourth-order valence-electron chi connectivity index (χ4n) is 2.86. The van der Waals surface area contributed by atoms with E-state index in [0.717, 1.165) is 5.52 Å². The van der Waals surface area contributed by atoms with Crippen LogP contribution in [0.15, 0.2) is 15.6 Å². The average molecular weight is 315 g/mol. The van der Waals surface area contributed by atoms with Crippen LogP contribution in [0.3, 0.4) is 0 Å². The van der Waals surface area contributed by atoms with Crippen LogP contribution in [-0.2, 0) is 7.05 Å². The molecule has 0 saturated heterocycles. The molecule has 1 saturated carbocycles. The Hall–Kier alpha value is -2.71. The van der Waals surface area contributed by atoms with Gasteiger partial charge in [-0.15, -0.1) is 0 Å². The highest BCUT2D eigenvalue weighted by atomic mass is 16.5. The second kappa shape index (κ2) is 5.18. The minimum absolute atomic E-state index is 0.196. The third-order valence-corrected chi connectivity index (χ3v) is 4.44. The van der Waals surface area contributed by atoms with E-state index < -0.39 is 5.76 Å². The summed E-state index contributed by atoms with van der Waals surface area (Å²) >= 11 is 0.